The van der Waals surface area contributed by atoms with Crippen LogP contribution in [0.2, 0.25) is 0 Å². The molecule has 1 aromatic heterocycles. The van der Waals surface area contributed by atoms with Gasteiger partial charge in [0.1, 0.15) is 0 Å². The number of anilines is 1. The first kappa shape index (κ1) is 14.8. The lowest BCUT2D eigenvalue weighted by atomic mass is 10.1. The zero-order chi connectivity index (χ0) is 15.5. The number of piperazine rings is 1. The van der Waals surface area contributed by atoms with Crippen LogP contribution in [0.3, 0.4) is 0 Å². The van der Waals surface area contributed by atoms with Gasteiger partial charge in [0.2, 0.25) is 0 Å². The number of nitrogens with zero attached hydrogens (tertiary/aromatic N) is 2. The number of ketones is 1. The maximum Gasteiger partial charge on any atom is 0.264 e. The summed E-state index contributed by atoms with van der Waals surface area (Å²) >= 11 is 1.49. The second-order valence-corrected chi connectivity index (χ2v) is 6.31. The summed E-state index contributed by atoms with van der Waals surface area (Å²) in [4.78, 5) is 28.6. The molecular weight excluding hydrogens is 296 g/mol. The van der Waals surface area contributed by atoms with Crippen LogP contribution in [0.4, 0.5) is 5.69 Å². The van der Waals surface area contributed by atoms with E-state index in [1.54, 1.807) is 6.92 Å². The summed E-state index contributed by atoms with van der Waals surface area (Å²) in [6, 6.07) is 11.5. The van der Waals surface area contributed by atoms with E-state index in [9.17, 15) is 9.59 Å². The van der Waals surface area contributed by atoms with Crippen LogP contribution in [-0.4, -0.2) is 42.8 Å². The van der Waals surface area contributed by atoms with Crippen LogP contribution in [0.25, 0.3) is 0 Å². The van der Waals surface area contributed by atoms with E-state index >= 15 is 0 Å². The van der Waals surface area contributed by atoms with Crippen molar-refractivity contribution in [2.24, 2.45) is 0 Å². The van der Waals surface area contributed by atoms with Gasteiger partial charge in [-0.15, -0.1) is 11.3 Å². The molecule has 0 radical (unpaired) electrons. The second kappa shape index (κ2) is 6.32. The summed E-state index contributed by atoms with van der Waals surface area (Å²) in [7, 11) is 0. The molecule has 4 nitrogen and oxygen atoms in total. The molecule has 0 unspecified atom stereocenters. The van der Waals surface area contributed by atoms with E-state index < -0.39 is 0 Å². The van der Waals surface area contributed by atoms with Crippen molar-refractivity contribution in [3.63, 3.8) is 0 Å². The molecule has 5 heteroatoms. The fourth-order valence-electron chi connectivity index (χ4n) is 2.63. The molecule has 1 aliphatic heterocycles. The van der Waals surface area contributed by atoms with Crippen LogP contribution in [0.15, 0.2) is 41.8 Å². The lowest BCUT2D eigenvalue weighted by molar-refractivity contribution is 0.0751. The third-order valence-corrected chi connectivity index (χ3v) is 4.80. The van der Waals surface area contributed by atoms with E-state index in [1.165, 1.54) is 11.3 Å². The first-order valence-electron chi connectivity index (χ1n) is 7.34. The number of carbonyl (C=O) groups is 2. The molecule has 0 bridgehead atoms. The molecule has 1 amide bonds. The van der Waals surface area contributed by atoms with Crippen molar-refractivity contribution in [1.82, 2.24) is 4.90 Å². The molecule has 1 aliphatic rings. The SMILES string of the molecule is CC(=O)c1ccc(N2CCN(C(=O)c3cccs3)CC2)cc1. The van der Waals surface area contributed by atoms with E-state index in [1.807, 2.05) is 46.7 Å². The molecule has 1 fully saturated rings. The second-order valence-electron chi connectivity index (χ2n) is 5.36. The topological polar surface area (TPSA) is 40.6 Å². The minimum absolute atomic E-state index is 0.0814. The summed E-state index contributed by atoms with van der Waals surface area (Å²) in [5.74, 6) is 0.208. The van der Waals surface area contributed by atoms with E-state index in [-0.39, 0.29) is 11.7 Å². The zero-order valence-electron chi connectivity index (χ0n) is 12.5. The van der Waals surface area contributed by atoms with Gasteiger partial charge in [-0.3, -0.25) is 9.59 Å². The highest BCUT2D eigenvalue weighted by atomic mass is 32.1. The van der Waals surface area contributed by atoms with Gasteiger partial charge in [-0.05, 0) is 42.6 Å². The lowest BCUT2D eigenvalue weighted by Crippen LogP contribution is -2.48. The number of Topliss-reactive ketones (excluding diaryl/α,β-unsaturated/α-hetero) is 1. The Balaban J connectivity index is 1.62. The Morgan fingerprint density at radius 3 is 2.23 bits per heavy atom. The first-order valence-corrected chi connectivity index (χ1v) is 8.22. The normalized spacial score (nSPS) is 15.0. The molecule has 0 atom stereocenters. The maximum absolute atomic E-state index is 12.3. The van der Waals surface area contributed by atoms with Gasteiger partial charge in [0.25, 0.3) is 5.91 Å². The fraction of sp³-hybridized carbons (Fsp3) is 0.294. The minimum atomic E-state index is 0.0814. The van der Waals surface area contributed by atoms with Crippen LogP contribution in [0.5, 0.6) is 0 Å². The highest BCUT2D eigenvalue weighted by Crippen LogP contribution is 2.19. The summed E-state index contributed by atoms with van der Waals surface area (Å²) in [5.41, 5.74) is 1.84. The Morgan fingerprint density at radius 2 is 1.68 bits per heavy atom. The Bertz CT molecular complexity index is 656. The molecule has 0 aliphatic carbocycles. The summed E-state index contributed by atoms with van der Waals surface area (Å²) in [5, 5.41) is 1.93. The third kappa shape index (κ3) is 3.04. The Labute approximate surface area is 134 Å². The Morgan fingerprint density at radius 1 is 1.00 bits per heavy atom. The Kier molecular flexibility index (Phi) is 4.24. The number of hydrogen-bond donors (Lipinski definition) is 0. The van der Waals surface area contributed by atoms with Gasteiger partial charge in [0.05, 0.1) is 4.88 Å². The van der Waals surface area contributed by atoms with Gasteiger partial charge in [-0.2, -0.15) is 0 Å². The van der Waals surface area contributed by atoms with E-state index in [0.717, 1.165) is 42.3 Å². The lowest BCUT2D eigenvalue weighted by Gasteiger charge is -2.36. The van der Waals surface area contributed by atoms with Crippen molar-refractivity contribution in [2.45, 2.75) is 6.92 Å². The van der Waals surface area contributed by atoms with Crippen molar-refractivity contribution in [3.05, 3.63) is 52.2 Å². The van der Waals surface area contributed by atoms with E-state index in [4.69, 9.17) is 0 Å². The average molecular weight is 314 g/mol. The largest absolute Gasteiger partial charge is 0.368 e. The molecule has 1 saturated heterocycles. The smallest absolute Gasteiger partial charge is 0.264 e. The van der Waals surface area contributed by atoms with Gasteiger partial charge in [0.15, 0.2) is 5.78 Å². The quantitative estimate of drug-likeness (QED) is 0.818. The van der Waals surface area contributed by atoms with Crippen molar-refractivity contribution in [3.8, 4) is 0 Å². The summed E-state index contributed by atoms with van der Waals surface area (Å²) in [6.07, 6.45) is 0. The van der Waals surface area contributed by atoms with Crippen molar-refractivity contribution >= 4 is 28.7 Å². The molecule has 22 heavy (non-hydrogen) atoms. The van der Waals surface area contributed by atoms with Gasteiger partial charge >= 0.3 is 0 Å². The van der Waals surface area contributed by atoms with Crippen LogP contribution >= 0.6 is 11.3 Å². The fourth-order valence-corrected chi connectivity index (χ4v) is 3.32. The number of amides is 1. The zero-order valence-corrected chi connectivity index (χ0v) is 13.3. The van der Waals surface area contributed by atoms with Crippen molar-refractivity contribution in [2.75, 3.05) is 31.1 Å². The first-order chi connectivity index (χ1) is 10.6. The van der Waals surface area contributed by atoms with Crippen LogP contribution in [0.1, 0.15) is 27.0 Å². The third-order valence-electron chi connectivity index (χ3n) is 3.94. The highest BCUT2D eigenvalue weighted by Gasteiger charge is 2.22. The van der Waals surface area contributed by atoms with Crippen molar-refractivity contribution in [1.29, 1.82) is 0 Å². The molecule has 2 aromatic rings. The molecular formula is C17H18N2O2S. The summed E-state index contributed by atoms with van der Waals surface area (Å²) < 4.78 is 0. The molecule has 3 rings (SSSR count). The number of thiophene rings is 1. The van der Waals surface area contributed by atoms with Crippen LogP contribution in [-0.2, 0) is 0 Å². The molecule has 1 aromatic carbocycles. The standard InChI is InChI=1S/C17H18N2O2S/c1-13(20)14-4-6-15(7-5-14)18-8-10-19(11-9-18)17(21)16-3-2-12-22-16/h2-7,12H,8-11H2,1H3. The molecule has 2 heterocycles. The summed E-state index contributed by atoms with van der Waals surface area (Å²) in [6.45, 7) is 4.66. The van der Waals surface area contributed by atoms with Gasteiger partial charge < -0.3 is 9.80 Å². The predicted molar refractivity (Wildman–Crippen MR) is 88.9 cm³/mol. The molecule has 0 N–H and O–H groups in total. The number of rotatable bonds is 3. The van der Waals surface area contributed by atoms with Crippen molar-refractivity contribution < 1.29 is 9.59 Å². The van der Waals surface area contributed by atoms with E-state index in [0.29, 0.717) is 0 Å². The van der Waals surface area contributed by atoms with E-state index in [2.05, 4.69) is 4.90 Å². The molecule has 0 spiro atoms. The number of benzene rings is 1. The predicted octanol–water partition coefficient (Wildman–Crippen LogP) is 2.91. The van der Waals surface area contributed by atoms with Gasteiger partial charge in [-0.25, -0.2) is 0 Å². The maximum atomic E-state index is 12.3. The molecule has 0 saturated carbocycles. The van der Waals surface area contributed by atoms with Gasteiger partial charge in [-0.1, -0.05) is 6.07 Å². The monoisotopic (exact) mass is 314 g/mol. The highest BCUT2D eigenvalue weighted by molar-refractivity contribution is 7.12. The van der Waals surface area contributed by atoms with Crippen LogP contribution in [0, 0.1) is 0 Å². The molecule has 114 valence electrons. The Hall–Kier alpha value is -2.14. The number of carbonyl (C=O) groups excluding carboxylic acids is 2. The van der Waals surface area contributed by atoms with Gasteiger partial charge in [0, 0.05) is 37.4 Å². The number of hydrogen-bond acceptors (Lipinski definition) is 4. The minimum Gasteiger partial charge on any atom is -0.368 e. The van der Waals surface area contributed by atoms with Crippen LogP contribution < -0.4 is 4.90 Å². The average Bonchev–Trinajstić information content (AvgIpc) is 3.09.